The summed E-state index contributed by atoms with van der Waals surface area (Å²) < 4.78 is 5.07. The molecule has 2 rings (SSSR count). The van der Waals surface area contributed by atoms with Crippen molar-refractivity contribution in [1.82, 2.24) is 0 Å². The maximum atomic E-state index is 12.0. The van der Waals surface area contributed by atoms with E-state index in [0.717, 1.165) is 11.4 Å². The molecule has 1 amide bonds. The average molecular weight is 340 g/mol. The topological polar surface area (TPSA) is 67.4 Å². The zero-order valence-electron chi connectivity index (χ0n) is 15.1. The molecule has 0 radical (unpaired) electrons. The zero-order valence-corrected chi connectivity index (χ0v) is 15.1. The molecular weight excluding hydrogens is 316 g/mol. The van der Waals surface area contributed by atoms with Crippen LogP contribution in [0, 0.1) is 5.41 Å². The molecule has 2 aromatic carbocycles. The highest BCUT2D eigenvalue weighted by atomic mass is 16.5. The van der Waals surface area contributed by atoms with Crippen LogP contribution in [0.2, 0.25) is 0 Å². The van der Waals surface area contributed by atoms with Crippen LogP contribution in [-0.2, 0) is 9.53 Å². The molecule has 0 spiro atoms. The van der Waals surface area contributed by atoms with Crippen LogP contribution in [0.5, 0.6) is 0 Å². The number of amides is 1. The van der Waals surface area contributed by atoms with E-state index in [-0.39, 0.29) is 11.9 Å². The number of ether oxygens (including phenoxy) is 1. The van der Waals surface area contributed by atoms with Crippen LogP contribution in [-0.4, -0.2) is 18.5 Å². The summed E-state index contributed by atoms with van der Waals surface area (Å²) in [6.07, 6.45) is 0. The Labute approximate surface area is 148 Å². The van der Waals surface area contributed by atoms with Gasteiger partial charge in [0.05, 0.1) is 17.9 Å². The molecule has 2 N–H and O–H groups in total. The summed E-state index contributed by atoms with van der Waals surface area (Å²) in [7, 11) is 0. The van der Waals surface area contributed by atoms with E-state index in [4.69, 9.17) is 4.74 Å². The second kappa shape index (κ2) is 7.83. The first kappa shape index (κ1) is 18.5. The minimum Gasteiger partial charge on any atom is -0.462 e. The zero-order chi connectivity index (χ0) is 18.4. The van der Waals surface area contributed by atoms with Crippen molar-refractivity contribution in [3.8, 4) is 0 Å². The maximum Gasteiger partial charge on any atom is 0.340 e. The Hall–Kier alpha value is -2.82. The highest BCUT2D eigenvalue weighted by Gasteiger charge is 2.21. The Bertz CT molecular complexity index is 746. The molecule has 25 heavy (non-hydrogen) atoms. The van der Waals surface area contributed by atoms with Crippen molar-refractivity contribution in [2.24, 2.45) is 5.41 Å². The van der Waals surface area contributed by atoms with Gasteiger partial charge in [-0.05, 0) is 43.3 Å². The molecule has 0 atom stereocenters. The number of rotatable bonds is 5. The largest absolute Gasteiger partial charge is 0.462 e. The standard InChI is InChI=1S/C20H24N2O3/c1-5-25-18(23)16-8-6-7-9-17(16)21-14-10-12-15(13-11-14)22-19(24)20(2,3)4/h6-13,21H,5H2,1-4H3,(H,22,24). The molecule has 0 aliphatic rings. The summed E-state index contributed by atoms with van der Waals surface area (Å²) >= 11 is 0. The molecular formula is C20H24N2O3. The number of nitrogens with one attached hydrogen (secondary N) is 2. The van der Waals surface area contributed by atoms with Gasteiger partial charge in [-0.15, -0.1) is 0 Å². The molecule has 0 bridgehead atoms. The van der Waals surface area contributed by atoms with Crippen LogP contribution in [0.3, 0.4) is 0 Å². The molecule has 0 unspecified atom stereocenters. The highest BCUT2D eigenvalue weighted by Crippen LogP contribution is 2.24. The summed E-state index contributed by atoms with van der Waals surface area (Å²) in [5.41, 5.74) is 2.24. The lowest BCUT2D eigenvalue weighted by Gasteiger charge is -2.18. The van der Waals surface area contributed by atoms with Crippen molar-refractivity contribution < 1.29 is 14.3 Å². The Morgan fingerprint density at radius 3 is 2.16 bits per heavy atom. The van der Waals surface area contributed by atoms with Gasteiger partial charge in [0.2, 0.25) is 5.91 Å². The van der Waals surface area contributed by atoms with Crippen LogP contribution >= 0.6 is 0 Å². The van der Waals surface area contributed by atoms with E-state index >= 15 is 0 Å². The van der Waals surface area contributed by atoms with Crippen molar-refractivity contribution in [3.05, 3.63) is 54.1 Å². The van der Waals surface area contributed by atoms with Gasteiger partial charge in [-0.3, -0.25) is 4.79 Å². The van der Waals surface area contributed by atoms with Crippen LogP contribution in [0.15, 0.2) is 48.5 Å². The van der Waals surface area contributed by atoms with Crippen LogP contribution in [0.25, 0.3) is 0 Å². The first-order chi connectivity index (χ1) is 11.8. The van der Waals surface area contributed by atoms with Crippen LogP contribution < -0.4 is 10.6 Å². The van der Waals surface area contributed by atoms with Crippen molar-refractivity contribution in [2.75, 3.05) is 17.2 Å². The smallest absolute Gasteiger partial charge is 0.340 e. The van der Waals surface area contributed by atoms with E-state index in [9.17, 15) is 9.59 Å². The lowest BCUT2D eigenvalue weighted by atomic mass is 9.95. The number of carbonyl (C=O) groups is 2. The molecule has 0 fully saturated rings. The molecule has 132 valence electrons. The van der Waals surface area contributed by atoms with Gasteiger partial charge in [-0.1, -0.05) is 32.9 Å². The van der Waals surface area contributed by atoms with Crippen molar-refractivity contribution >= 4 is 28.9 Å². The third kappa shape index (κ3) is 5.08. The lowest BCUT2D eigenvalue weighted by molar-refractivity contribution is -0.123. The third-order valence-corrected chi connectivity index (χ3v) is 3.53. The normalized spacial score (nSPS) is 10.9. The first-order valence-electron chi connectivity index (χ1n) is 8.26. The molecule has 0 saturated carbocycles. The van der Waals surface area contributed by atoms with Crippen LogP contribution in [0.1, 0.15) is 38.1 Å². The van der Waals surface area contributed by atoms with Crippen molar-refractivity contribution in [3.63, 3.8) is 0 Å². The van der Waals surface area contributed by atoms with Gasteiger partial charge in [-0.2, -0.15) is 0 Å². The predicted octanol–water partition coefficient (Wildman–Crippen LogP) is 4.59. The number of esters is 1. The van der Waals surface area contributed by atoms with Crippen molar-refractivity contribution in [1.29, 1.82) is 0 Å². The van der Waals surface area contributed by atoms with Crippen LogP contribution in [0.4, 0.5) is 17.1 Å². The van der Waals surface area contributed by atoms with Crippen molar-refractivity contribution in [2.45, 2.75) is 27.7 Å². The van der Waals surface area contributed by atoms with E-state index in [1.807, 2.05) is 57.2 Å². The second-order valence-electron chi connectivity index (χ2n) is 6.67. The van der Waals surface area contributed by atoms with Gasteiger partial charge in [0.15, 0.2) is 0 Å². The first-order valence-corrected chi connectivity index (χ1v) is 8.26. The summed E-state index contributed by atoms with van der Waals surface area (Å²) in [5.74, 6) is -0.402. The van der Waals surface area contributed by atoms with Gasteiger partial charge < -0.3 is 15.4 Å². The minimum absolute atomic E-state index is 0.0409. The molecule has 5 heteroatoms. The number of para-hydroxylation sites is 1. The molecule has 0 aliphatic carbocycles. The number of carbonyl (C=O) groups excluding carboxylic acids is 2. The molecule has 0 aromatic heterocycles. The Kier molecular flexibility index (Phi) is 5.80. The van der Waals surface area contributed by atoms with Gasteiger partial charge >= 0.3 is 5.97 Å². The molecule has 0 aliphatic heterocycles. The fourth-order valence-corrected chi connectivity index (χ4v) is 2.09. The fourth-order valence-electron chi connectivity index (χ4n) is 2.09. The van der Waals surface area contributed by atoms with E-state index in [2.05, 4.69) is 10.6 Å². The van der Waals surface area contributed by atoms with E-state index in [1.54, 1.807) is 19.1 Å². The summed E-state index contributed by atoms with van der Waals surface area (Å²) in [6, 6.07) is 14.5. The monoisotopic (exact) mass is 340 g/mol. The van der Waals surface area contributed by atoms with Gasteiger partial charge in [0, 0.05) is 16.8 Å². The Balaban J connectivity index is 2.12. The van der Waals surface area contributed by atoms with E-state index in [1.165, 1.54) is 0 Å². The maximum absolute atomic E-state index is 12.0. The number of benzene rings is 2. The highest BCUT2D eigenvalue weighted by molar-refractivity contribution is 5.97. The van der Waals surface area contributed by atoms with E-state index < -0.39 is 5.41 Å². The summed E-state index contributed by atoms with van der Waals surface area (Å²) in [4.78, 5) is 24.0. The number of anilines is 3. The predicted molar refractivity (Wildman–Crippen MR) is 100 cm³/mol. The lowest BCUT2D eigenvalue weighted by Crippen LogP contribution is -2.27. The molecule has 5 nitrogen and oxygen atoms in total. The SMILES string of the molecule is CCOC(=O)c1ccccc1Nc1ccc(NC(=O)C(C)(C)C)cc1. The summed E-state index contributed by atoms with van der Waals surface area (Å²) in [5, 5.41) is 6.09. The third-order valence-electron chi connectivity index (χ3n) is 3.53. The molecule has 0 heterocycles. The molecule has 0 saturated heterocycles. The number of hydrogen-bond donors (Lipinski definition) is 2. The summed E-state index contributed by atoms with van der Waals surface area (Å²) in [6.45, 7) is 7.70. The van der Waals surface area contributed by atoms with Gasteiger partial charge in [-0.25, -0.2) is 4.79 Å². The Morgan fingerprint density at radius 2 is 1.56 bits per heavy atom. The number of hydrogen-bond acceptors (Lipinski definition) is 4. The molecule has 2 aromatic rings. The van der Waals surface area contributed by atoms with Gasteiger partial charge in [0.1, 0.15) is 0 Å². The quantitative estimate of drug-likeness (QED) is 0.781. The minimum atomic E-state index is -0.449. The fraction of sp³-hybridized carbons (Fsp3) is 0.300. The van der Waals surface area contributed by atoms with E-state index in [0.29, 0.717) is 17.9 Å². The average Bonchev–Trinajstić information content (AvgIpc) is 2.56. The second-order valence-corrected chi connectivity index (χ2v) is 6.67. The Morgan fingerprint density at radius 1 is 0.960 bits per heavy atom. The van der Waals surface area contributed by atoms with Gasteiger partial charge in [0.25, 0.3) is 0 Å².